The molecule has 1 aromatic heterocycles. The van der Waals surface area contributed by atoms with E-state index < -0.39 is 0 Å². The molecular weight excluding hydrogens is 262 g/mol. The largest absolute Gasteiger partial charge is 0.464 e. The Labute approximate surface area is 129 Å². The van der Waals surface area contributed by atoms with Gasteiger partial charge in [-0.2, -0.15) is 0 Å². The first-order valence-electron chi connectivity index (χ1n) is 8.51. The molecule has 0 radical (unpaired) electrons. The van der Waals surface area contributed by atoms with Crippen LogP contribution in [-0.2, 0) is 17.9 Å². The lowest BCUT2D eigenvalue weighted by Gasteiger charge is -2.20. The third-order valence-corrected chi connectivity index (χ3v) is 4.26. The zero-order valence-corrected chi connectivity index (χ0v) is 13.9. The number of furan rings is 1. The van der Waals surface area contributed by atoms with Gasteiger partial charge in [0, 0.05) is 18.7 Å². The second-order valence-electron chi connectivity index (χ2n) is 6.84. The Kier molecular flexibility index (Phi) is 6.78. The molecule has 0 bridgehead atoms. The summed E-state index contributed by atoms with van der Waals surface area (Å²) >= 11 is 0. The molecule has 0 spiro atoms. The first-order valence-corrected chi connectivity index (χ1v) is 8.51. The van der Waals surface area contributed by atoms with E-state index in [4.69, 9.17) is 9.15 Å². The summed E-state index contributed by atoms with van der Waals surface area (Å²) in [7, 11) is 0. The van der Waals surface area contributed by atoms with E-state index in [0.717, 1.165) is 37.1 Å². The van der Waals surface area contributed by atoms with E-state index in [1.54, 1.807) is 0 Å². The molecular formula is C18H31NO2. The highest BCUT2D eigenvalue weighted by atomic mass is 16.5. The van der Waals surface area contributed by atoms with Crippen molar-refractivity contribution in [3.63, 3.8) is 0 Å². The molecule has 3 heteroatoms. The van der Waals surface area contributed by atoms with Crippen molar-refractivity contribution in [2.75, 3.05) is 13.2 Å². The van der Waals surface area contributed by atoms with Crippen molar-refractivity contribution < 1.29 is 9.15 Å². The maximum atomic E-state index is 5.86. The molecule has 1 aliphatic carbocycles. The second-order valence-corrected chi connectivity index (χ2v) is 6.84. The number of rotatable bonds is 8. The van der Waals surface area contributed by atoms with Gasteiger partial charge in [-0.25, -0.2) is 0 Å². The molecule has 0 saturated heterocycles. The molecule has 0 atom stereocenters. The van der Waals surface area contributed by atoms with Crippen LogP contribution in [0.3, 0.4) is 0 Å². The van der Waals surface area contributed by atoms with Crippen LogP contribution in [0.25, 0.3) is 0 Å². The summed E-state index contributed by atoms with van der Waals surface area (Å²) in [6.45, 7) is 9.91. The van der Waals surface area contributed by atoms with Gasteiger partial charge in [-0.15, -0.1) is 0 Å². The quantitative estimate of drug-likeness (QED) is 0.770. The van der Waals surface area contributed by atoms with Crippen molar-refractivity contribution in [2.45, 2.75) is 66.0 Å². The van der Waals surface area contributed by atoms with Crippen molar-refractivity contribution in [3.05, 3.63) is 23.2 Å². The fourth-order valence-corrected chi connectivity index (χ4v) is 3.01. The zero-order valence-electron chi connectivity index (χ0n) is 13.9. The van der Waals surface area contributed by atoms with E-state index in [1.165, 1.54) is 37.7 Å². The lowest BCUT2D eigenvalue weighted by molar-refractivity contribution is 0.0634. The van der Waals surface area contributed by atoms with Gasteiger partial charge < -0.3 is 14.5 Å². The Morgan fingerprint density at radius 3 is 2.76 bits per heavy atom. The number of aryl methyl sites for hydroxylation is 1. The van der Waals surface area contributed by atoms with E-state index in [2.05, 4.69) is 25.2 Å². The molecule has 0 aromatic carbocycles. The molecule has 1 aromatic rings. The smallest absolute Gasteiger partial charge is 0.130 e. The van der Waals surface area contributed by atoms with E-state index in [1.807, 2.05) is 6.92 Å². The molecule has 1 fully saturated rings. The van der Waals surface area contributed by atoms with Gasteiger partial charge in [0.1, 0.15) is 18.1 Å². The highest BCUT2D eigenvalue weighted by Crippen LogP contribution is 2.24. The summed E-state index contributed by atoms with van der Waals surface area (Å²) in [6.07, 6.45) is 6.82. The summed E-state index contributed by atoms with van der Waals surface area (Å²) < 4.78 is 11.7. The topological polar surface area (TPSA) is 34.4 Å². The summed E-state index contributed by atoms with van der Waals surface area (Å²) in [4.78, 5) is 0. The molecule has 120 valence electrons. The van der Waals surface area contributed by atoms with E-state index in [9.17, 15) is 0 Å². The van der Waals surface area contributed by atoms with Gasteiger partial charge in [-0.3, -0.25) is 0 Å². The Bertz CT molecular complexity index is 405. The predicted molar refractivity (Wildman–Crippen MR) is 86.2 cm³/mol. The molecule has 0 unspecified atom stereocenters. The molecule has 1 N–H and O–H groups in total. The highest BCUT2D eigenvalue weighted by molar-refractivity contribution is 5.20. The lowest BCUT2D eigenvalue weighted by Crippen LogP contribution is -2.19. The first kappa shape index (κ1) is 16.6. The molecule has 3 nitrogen and oxygen atoms in total. The number of hydrogen-bond acceptors (Lipinski definition) is 3. The van der Waals surface area contributed by atoms with Crippen LogP contribution < -0.4 is 5.32 Å². The van der Waals surface area contributed by atoms with Crippen LogP contribution in [0.5, 0.6) is 0 Å². The minimum Gasteiger partial charge on any atom is -0.464 e. The number of ether oxygens (including phenoxy) is 1. The van der Waals surface area contributed by atoms with E-state index in [0.29, 0.717) is 12.5 Å². The fourth-order valence-electron chi connectivity index (χ4n) is 3.01. The van der Waals surface area contributed by atoms with Crippen LogP contribution in [0, 0.1) is 18.8 Å². The first-order chi connectivity index (χ1) is 10.1. The summed E-state index contributed by atoms with van der Waals surface area (Å²) in [5, 5.41) is 3.46. The Morgan fingerprint density at radius 2 is 2.05 bits per heavy atom. The van der Waals surface area contributed by atoms with Crippen LogP contribution in [0.1, 0.15) is 63.0 Å². The van der Waals surface area contributed by atoms with Crippen molar-refractivity contribution in [2.24, 2.45) is 11.8 Å². The summed E-state index contributed by atoms with van der Waals surface area (Å²) in [5.74, 6) is 3.42. The van der Waals surface area contributed by atoms with Gasteiger partial charge in [-0.1, -0.05) is 33.1 Å². The maximum Gasteiger partial charge on any atom is 0.130 e. The number of nitrogens with one attached hydrogen (secondary N) is 1. The normalized spacial score (nSPS) is 16.8. The van der Waals surface area contributed by atoms with Gasteiger partial charge in [0.2, 0.25) is 0 Å². The van der Waals surface area contributed by atoms with Crippen LogP contribution in [0.15, 0.2) is 10.5 Å². The predicted octanol–water partition coefficient (Wildman–Crippen LogP) is 4.43. The summed E-state index contributed by atoms with van der Waals surface area (Å²) in [6, 6.07) is 2.14. The monoisotopic (exact) mass is 293 g/mol. The third-order valence-electron chi connectivity index (χ3n) is 4.26. The lowest BCUT2D eigenvalue weighted by atomic mass is 9.90. The van der Waals surface area contributed by atoms with Crippen molar-refractivity contribution in [1.29, 1.82) is 0 Å². The van der Waals surface area contributed by atoms with E-state index >= 15 is 0 Å². The van der Waals surface area contributed by atoms with Crippen LogP contribution in [0.2, 0.25) is 0 Å². The van der Waals surface area contributed by atoms with E-state index in [-0.39, 0.29) is 0 Å². The molecule has 0 amide bonds. The minimum atomic E-state index is 0.613. The zero-order chi connectivity index (χ0) is 15.1. The van der Waals surface area contributed by atoms with Crippen LogP contribution in [0.4, 0.5) is 0 Å². The Balaban J connectivity index is 1.70. The number of hydrogen-bond donors (Lipinski definition) is 1. The fraction of sp³-hybridized carbons (Fsp3) is 0.778. The standard InChI is InChI=1S/C18H31NO2/c1-14(2)10-19-11-17-9-18(21-15(17)3)13-20-12-16-7-5-4-6-8-16/h9,14,16,19H,4-8,10-13H2,1-3H3. The molecule has 1 saturated carbocycles. The van der Waals surface area contributed by atoms with Crippen molar-refractivity contribution in [3.8, 4) is 0 Å². The summed E-state index contributed by atoms with van der Waals surface area (Å²) in [5.41, 5.74) is 1.26. The molecule has 1 heterocycles. The average Bonchev–Trinajstić information content (AvgIpc) is 2.80. The Hall–Kier alpha value is -0.800. The molecule has 2 rings (SSSR count). The average molecular weight is 293 g/mol. The third kappa shape index (κ3) is 5.84. The van der Waals surface area contributed by atoms with Gasteiger partial charge in [0.15, 0.2) is 0 Å². The van der Waals surface area contributed by atoms with Crippen LogP contribution >= 0.6 is 0 Å². The molecule has 0 aliphatic heterocycles. The van der Waals surface area contributed by atoms with Crippen LogP contribution in [-0.4, -0.2) is 13.2 Å². The van der Waals surface area contributed by atoms with Gasteiger partial charge in [0.25, 0.3) is 0 Å². The maximum absolute atomic E-state index is 5.86. The van der Waals surface area contributed by atoms with Crippen molar-refractivity contribution >= 4 is 0 Å². The molecule has 1 aliphatic rings. The second kappa shape index (κ2) is 8.60. The minimum absolute atomic E-state index is 0.613. The van der Waals surface area contributed by atoms with Gasteiger partial charge in [0.05, 0.1) is 0 Å². The SMILES string of the molecule is Cc1oc(COCC2CCCCC2)cc1CNCC(C)C. The molecule has 21 heavy (non-hydrogen) atoms. The van der Waals surface area contributed by atoms with Gasteiger partial charge in [-0.05, 0) is 44.2 Å². The highest BCUT2D eigenvalue weighted by Gasteiger charge is 2.14. The van der Waals surface area contributed by atoms with Crippen molar-refractivity contribution in [1.82, 2.24) is 5.32 Å². The Morgan fingerprint density at radius 1 is 1.29 bits per heavy atom. The van der Waals surface area contributed by atoms with Gasteiger partial charge >= 0.3 is 0 Å².